The normalized spacial score (nSPS) is 15.8. The zero-order valence-electron chi connectivity index (χ0n) is 17.3. The highest BCUT2D eigenvalue weighted by Gasteiger charge is 2.33. The highest BCUT2D eigenvalue weighted by atomic mass is 79.9. The second-order valence-electron chi connectivity index (χ2n) is 6.94. The first kappa shape index (κ1) is 23.1. The fourth-order valence-corrected chi connectivity index (χ4v) is 5.79. The molecule has 0 aliphatic carbocycles. The monoisotopic (exact) mass is 549 g/mol. The lowest BCUT2D eigenvalue weighted by Crippen LogP contribution is -2.39. The third-order valence-electron chi connectivity index (χ3n) is 4.90. The molecular formula is C21H16BrN3O6S2. The number of aromatic hydroxyl groups is 1. The molecule has 0 spiro atoms. The van der Waals surface area contributed by atoms with Crippen molar-refractivity contribution in [2.75, 3.05) is 6.61 Å². The number of aromatic nitrogens is 1. The van der Waals surface area contributed by atoms with Gasteiger partial charge in [0.2, 0.25) is 0 Å². The molecule has 0 amide bonds. The average molecular weight is 550 g/mol. The number of halogens is 1. The van der Waals surface area contributed by atoms with E-state index >= 15 is 0 Å². The Balaban J connectivity index is 1.96. The predicted octanol–water partition coefficient (Wildman–Crippen LogP) is 3.24. The van der Waals surface area contributed by atoms with Crippen LogP contribution < -0.4 is 14.9 Å². The van der Waals surface area contributed by atoms with Crippen molar-refractivity contribution in [3.05, 3.63) is 85.6 Å². The van der Waals surface area contributed by atoms with Crippen molar-refractivity contribution in [3.8, 4) is 5.75 Å². The zero-order valence-corrected chi connectivity index (χ0v) is 20.5. The molecule has 4 rings (SSSR count). The van der Waals surface area contributed by atoms with Gasteiger partial charge in [0.1, 0.15) is 11.8 Å². The van der Waals surface area contributed by atoms with Gasteiger partial charge in [0, 0.05) is 22.6 Å². The zero-order chi connectivity index (χ0) is 23.9. The van der Waals surface area contributed by atoms with E-state index in [4.69, 9.17) is 4.74 Å². The molecule has 1 aromatic carbocycles. The molecule has 3 aromatic rings. The smallest absolute Gasteiger partial charge is 0.338 e. The Bertz CT molecular complexity index is 1490. The molecule has 0 bridgehead atoms. The van der Waals surface area contributed by atoms with Crippen LogP contribution in [0.15, 0.2) is 55.2 Å². The summed E-state index contributed by atoms with van der Waals surface area (Å²) in [4.78, 5) is 42.5. The van der Waals surface area contributed by atoms with Crippen LogP contribution in [-0.2, 0) is 9.53 Å². The number of phenolic OH excluding ortho intramolecular Hbond substituents is 1. The number of non-ortho nitro benzene ring substituents is 1. The van der Waals surface area contributed by atoms with Crippen LogP contribution in [-0.4, -0.2) is 27.2 Å². The van der Waals surface area contributed by atoms with Crippen molar-refractivity contribution in [2.24, 2.45) is 4.99 Å². The number of phenols is 1. The lowest BCUT2D eigenvalue weighted by molar-refractivity contribution is -0.385. The summed E-state index contributed by atoms with van der Waals surface area (Å²) in [6.45, 7) is 3.57. The van der Waals surface area contributed by atoms with Gasteiger partial charge in [-0.1, -0.05) is 17.4 Å². The molecule has 3 heterocycles. The van der Waals surface area contributed by atoms with Gasteiger partial charge in [0.05, 0.1) is 31.8 Å². The molecule has 170 valence electrons. The maximum atomic E-state index is 13.5. The summed E-state index contributed by atoms with van der Waals surface area (Å²) in [5.41, 5.74) is 0.152. The molecular weight excluding hydrogens is 534 g/mol. The number of thiazole rings is 1. The number of rotatable bonds is 5. The SMILES string of the molecule is CCOC(=O)C1=C(C)N=c2s/c(=C\c3cc([N+](=O)[O-])cc(Br)c3O)c(=O)n2[C@H]1c1cccs1. The maximum Gasteiger partial charge on any atom is 0.338 e. The number of thiophene rings is 1. The summed E-state index contributed by atoms with van der Waals surface area (Å²) in [7, 11) is 0. The topological polar surface area (TPSA) is 124 Å². The molecule has 2 aromatic heterocycles. The molecule has 1 atom stereocenters. The first-order chi connectivity index (χ1) is 15.7. The number of nitrogens with zero attached hydrogens (tertiary/aromatic N) is 3. The molecule has 0 unspecified atom stereocenters. The van der Waals surface area contributed by atoms with E-state index < -0.39 is 22.5 Å². The van der Waals surface area contributed by atoms with E-state index in [-0.39, 0.29) is 38.2 Å². The summed E-state index contributed by atoms with van der Waals surface area (Å²) in [5.74, 6) is -0.781. The van der Waals surface area contributed by atoms with E-state index in [0.29, 0.717) is 10.5 Å². The molecule has 0 saturated heterocycles. The van der Waals surface area contributed by atoms with Gasteiger partial charge < -0.3 is 9.84 Å². The van der Waals surface area contributed by atoms with Gasteiger partial charge in [-0.3, -0.25) is 19.5 Å². The number of nitro benzene ring substituents is 1. The molecule has 0 saturated carbocycles. The number of fused-ring (bicyclic) bond motifs is 1. The van der Waals surface area contributed by atoms with Crippen molar-refractivity contribution in [3.63, 3.8) is 0 Å². The van der Waals surface area contributed by atoms with Crippen molar-refractivity contribution in [1.82, 2.24) is 4.57 Å². The largest absolute Gasteiger partial charge is 0.506 e. The minimum atomic E-state index is -0.715. The van der Waals surface area contributed by atoms with Crippen molar-refractivity contribution in [2.45, 2.75) is 19.9 Å². The Morgan fingerprint density at radius 3 is 2.85 bits per heavy atom. The summed E-state index contributed by atoms with van der Waals surface area (Å²) in [6.07, 6.45) is 1.38. The quantitative estimate of drug-likeness (QED) is 0.296. The number of benzene rings is 1. The van der Waals surface area contributed by atoms with Gasteiger partial charge in [0.15, 0.2) is 4.80 Å². The van der Waals surface area contributed by atoms with Crippen molar-refractivity contribution < 1.29 is 19.6 Å². The van der Waals surface area contributed by atoms with Crippen LogP contribution in [0.5, 0.6) is 5.75 Å². The third-order valence-corrected chi connectivity index (χ3v) is 7.42. The Hall–Kier alpha value is -3.09. The van der Waals surface area contributed by atoms with Crippen LogP contribution in [0.1, 0.15) is 30.3 Å². The maximum absolute atomic E-state index is 13.5. The summed E-state index contributed by atoms with van der Waals surface area (Å²) < 4.78 is 6.99. The number of hydrogen-bond donors (Lipinski definition) is 1. The van der Waals surface area contributed by atoms with Gasteiger partial charge in [-0.25, -0.2) is 9.79 Å². The number of carbonyl (C=O) groups is 1. The number of nitro groups is 1. The van der Waals surface area contributed by atoms with E-state index in [2.05, 4.69) is 20.9 Å². The minimum Gasteiger partial charge on any atom is -0.506 e. The van der Waals surface area contributed by atoms with Crippen LogP contribution >= 0.6 is 38.6 Å². The number of hydrogen-bond acceptors (Lipinski definition) is 9. The summed E-state index contributed by atoms with van der Waals surface area (Å²) >= 11 is 5.57. The molecule has 33 heavy (non-hydrogen) atoms. The third kappa shape index (κ3) is 4.16. The Morgan fingerprint density at radius 1 is 1.45 bits per heavy atom. The predicted molar refractivity (Wildman–Crippen MR) is 127 cm³/mol. The Labute approximate surface area is 202 Å². The first-order valence-corrected chi connectivity index (χ1v) is 12.1. The lowest BCUT2D eigenvalue weighted by atomic mass is 10.0. The molecule has 12 heteroatoms. The van der Waals surface area contributed by atoms with E-state index in [9.17, 15) is 24.8 Å². The van der Waals surface area contributed by atoms with E-state index in [1.54, 1.807) is 13.8 Å². The van der Waals surface area contributed by atoms with Gasteiger partial charge in [0.25, 0.3) is 11.2 Å². The van der Waals surface area contributed by atoms with Crippen LogP contribution in [0.25, 0.3) is 6.08 Å². The number of carbonyl (C=O) groups excluding carboxylic acids is 1. The van der Waals surface area contributed by atoms with Crippen molar-refractivity contribution >= 4 is 56.3 Å². The minimum absolute atomic E-state index is 0.107. The van der Waals surface area contributed by atoms with E-state index in [0.717, 1.165) is 16.2 Å². The molecule has 9 nitrogen and oxygen atoms in total. The van der Waals surface area contributed by atoms with Gasteiger partial charge in [-0.15, -0.1) is 11.3 Å². The van der Waals surface area contributed by atoms with Crippen LogP contribution in [0, 0.1) is 10.1 Å². The molecule has 0 radical (unpaired) electrons. The molecule has 1 N–H and O–H groups in total. The van der Waals surface area contributed by atoms with Crippen LogP contribution in [0.4, 0.5) is 5.69 Å². The first-order valence-electron chi connectivity index (χ1n) is 9.62. The number of esters is 1. The highest BCUT2D eigenvalue weighted by molar-refractivity contribution is 9.10. The number of allylic oxidation sites excluding steroid dienone is 1. The molecule has 1 aliphatic heterocycles. The van der Waals surface area contributed by atoms with Gasteiger partial charge in [-0.2, -0.15) is 0 Å². The lowest BCUT2D eigenvalue weighted by Gasteiger charge is -2.23. The summed E-state index contributed by atoms with van der Waals surface area (Å²) in [6, 6.07) is 5.30. The molecule has 0 fully saturated rings. The second kappa shape index (κ2) is 9.04. The van der Waals surface area contributed by atoms with E-state index in [1.165, 1.54) is 34.1 Å². The molecule has 1 aliphatic rings. The van der Waals surface area contributed by atoms with Gasteiger partial charge >= 0.3 is 5.97 Å². The van der Waals surface area contributed by atoms with E-state index in [1.807, 2.05) is 17.5 Å². The van der Waals surface area contributed by atoms with Crippen LogP contribution in [0.2, 0.25) is 0 Å². The Morgan fingerprint density at radius 2 is 2.21 bits per heavy atom. The fraction of sp³-hybridized carbons (Fsp3) is 0.190. The summed E-state index contributed by atoms with van der Waals surface area (Å²) in [5, 5.41) is 23.5. The van der Waals surface area contributed by atoms with Gasteiger partial charge in [-0.05, 0) is 47.3 Å². The Kier molecular flexibility index (Phi) is 6.32. The van der Waals surface area contributed by atoms with Crippen molar-refractivity contribution in [1.29, 1.82) is 0 Å². The number of ether oxygens (including phenoxy) is 1. The van der Waals surface area contributed by atoms with Crippen LogP contribution in [0.3, 0.4) is 0 Å². The highest BCUT2D eigenvalue weighted by Crippen LogP contribution is 2.34. The average Bonchev–Trinajstić information content (AvgIpc) is 3.39. The fourth-order valence-electron chi connectivity index (χ4n) is 3.47. The standard InChI is InChI=1S/C21H16BrN3O6S2/c1-3-31-20(28)16-10(2)23-21-24(17(16)14-5-4-6-32-14)19(27)15(33-21)8-11-7-12(25(29)30)9-13(22)18(11)26/h4-9,17,26H,3H2,1-2H3/b15-8-/t17-/m0/s1. The second-order valence-corrected chi connectivity index (χ2v) is 9.78.